The van der Waals surface area contributed by atoms with Crippen molar-refractivity contribution < 1.29 is 14.3 Å². The van der Waals surface area contributed by atoms with Crippen molar-refractivity contribution in [1.29, 1.82) is 0 Å². The van der Waals surface area contributed by atoms with Gasteiger partial charge in [0.2, 0.25) is 0 Å². The van der Waals surface area contributed by atoms with Crippen LogP contribution in [0.3, 0.4) is 0 Å². The maximum absolute atomic E-state index is 13.3. The fourth-order valence-corrected chi connectivity index (χ4v) is 5.00. The van der Waals surface area contributed by atoms with Gasteiger partial charge in [-0.2, -0.15) is 0 Å². The van der Waals surface area contributed by atoms with Gasteiger partial charge in [0.1, 0.15) is 11.9 Å². The number of Topliss-reactive ketones (excluding diaryl/α,β-unsaturated/α-hetero) is 1. The molecule has 0 rings (SSSR count). The van der Waals surface area contributed by atoms with Crippen LogP contribution in [-0.4, -0.2) is 17.9 Å². The van der Waals surface area contributed by atoms with Crippen LogP contribution in [0.2, 0.25) is 0 Å². The average Bonchev–Trinajstić information content (AvgIpc) is 2.85. The Balaban J connectivity index is 4.78. The molecular weight excluding hydrogens is 432 g/mol. The van der Waals surface area contributed by atoms with Gasteiger partial charge in [0.25, 0.3) is 0 Å². The largest absolute Gasteiger partial charge is 0.462 e. The Morgan fingerprint density at radius 2 is 0.886 bits per heavy atom. The molecule has 0 saturated carbocycles. The summed E-state index contributed by atoms with van der Waals surface area (Å²) in [5.74, 6) is 0.167. The number of rotatable bonds is 27. The number of ether oxygens (including phenoxy) is 1. The molecule has 0 radical (unpaired) electrons. The Bertz CT molecular complexity index is 473. The molecule has 0 bridgehead atoms. The monoisotopic (exact) mass is 494 g/mol. The Kier molecular flexibility index (Phi) is 25.6. The highest BCUT2D eigenvalue weighted by Gasteiger charge is 2.30. The zero-order chi connectivity index (χ0) is 26.0. The summed E-state index contributed by atoms with van der Waals surface area (Å²) in [5.41, 5.74) is 0. The van der Waals surface area contributed by atoms with Gasteiger partial charge in [0.15, 0.2) is 0 Å². The lowest BCUT2D eigenvalue weighted by atomic mass is 9.86. The minimum atomic E-state index is -0.215. The molecule has 0 aromatic carbocycles. The van der Waals surface area contributed by atoms with Crippen molar-refractivity contribution in [2.75, 3.05) is 0 Å². The summed E-state index contributed by atoms with van der Waals surface area (Å²) >= 11 is 0. The lowest BCUT2D eigenvalue weighted by Crippen LogP contribution is -2.33. The van der Waals surface area contributed by atoms with Crippen molar-refractivity contribution in [2.45, 2.75) is 188 Å². The van der Waals surface area contributed by atoms with E-state index in [0.29, 0.717) is 18.6 Å². The van der Waals surface area contributed by atoms with Gasteiger partial charge in [0.05, 0.1) is 5.92 Å². The fourth-order valence-electron chi connectivity index (χ4n) is 5.00. The van der Waals surface area contributed by atoms with Crippen molar-refractivity contribution in [2.24, 2.45) is 5.92 Å². The molecule has 3 nitrogen and oxygen atoms in total. The standard InChI is InChI=1S/C32H62O3/c1-5-9-13-15-17-19-23-26-30(33)29(25-21-11-7-3)31(27-22-12-8-4)35-32(34)28-24-20-18-16-14-10-6-2/h29,31H,5-28H2,1-4H3. The summed E-state index contributed by atoms with van der Waals surface area (Å²) in [4.78, 5) is 26.1. The van der Waals surface area contributed by atoms with E-state index in [0.717, 1.165) is 77.0 Å². The van der Waals surface area contributed by atoms with Crippen molar-refractivity contribution in [3.63, 3.8) is 0 Å². The SMILES string of the molecule is CCCCCCCCCC(=O)OC(CCCCC)C(CCCCC)C(=O)CCCCCCCCC. The van der Waals surface area contributed by atoms with Crippen LogP contribution < -0.4 is 0 Å². The van der Waals surface area contributed by atoms with Crippen LogP contribution in [-0.2, 0) is 14.3 Å². The van der Waals surface area contributed by atoms with Crippen LogP contribution in [0.5, 0.6) is 0 Å². The number of unbranched alkanes of at least 4 members (excludes halogenated alkanes) is 16. The highest BCUT2D eigenvalue weighted by Crippen LogP contribution is 2.26. The first-order valence-corrected chi connectivity index (χ1v) is 15.8. The van der Waals surface area contributed by atoms with E-state index < -0.39 is 0 Å². The van der Waals surface area contributed by atoms with Crippen LogP contribution in [0.1, 0.15) is 182 Å². The normalized spacial score (nSPS) is 13.0. The zero-order valence-corrected chi connectivity index (χ0v) is 24.4. The van der Waals surface area contributed by atoms with Gasteiger partial charge >= 0.3 is 5.97 Å². The van der Waals surface area contributed by atoms with Crippen LogP contribution in [0.15, 0.2) is 0 Å². The highest BCUT2D eigenvalue weighted by atomic mass is 16.5. The minimum absolute atomic E-state index is 0.0794. The first-order chi connectivity index (χ1) is 17.1. The van der Waals surface area contributed by atoms with Crippen molar-refractivity contribution in [1.82, 2.24) is 0 Å². The van der Waals surface area contributed by atoms with E-state index in [1.165, 1.54) is 64.2 Å². The molecule has 0 N–H and O–H groups in total. The second-order valence-electron chi connectivity index (χ2n) is 10.8. The molecule has 0 aliphatic rings. The summed E-state index contributed by atoms with van der Waals surface area (Å²) in [6, 6.07) is 0. The molecule has 3 heteroatoms. The highest BCUT2D eigenvalue weighted by molar-refractivity contribution is 5.82. The van der Waals surface area contributed by atoms with E-state index in [1.807, 2.05) is 0 Å². The Labute approximate surface area is 219 Å². The zero-order valence-electron chi connectivity index (χ0n) is 24.4. The lowest BCUT2D eigenvalue weighted by molar-refractivity contribution is -0.154. The van der Waals surface area contributed by atoms with Crippen molar-refractivity contribution in [3.05, 3.63) is 0 Å². The molecule has 35 heavy (non-hydrogen) atoms. The van der Waals surface area contributed by atoms with Crippen molar-refractivity contribution in [3.8, 4) is 0 Å². The van der Waals surface area contributed by atoms with Crippen LogP contribution in [0.25, 0.3) is 0 Å². The Morgan fingerprint density at radius 3 is 1.40 bits per heavy atom. The number of carbonyl (C=O) groups is 2. The Hall–Kier alpha value is -0.860. The average molecular weight is 495 g/mol. The topological polar surface area (TPSA) is 43.4 Å². The fraction of sp³-hybridized carbons (Fsp3) is 0.938. The van der Waals surface area contributed by atoms with E-state index in [2.05, 4.69) is 27.7 Å². The smallest absolute Gasteiger partial charge is 0.306 e. The first-order valence-electron chi connectivity index (χ1n) is 15.8. The molecule has 208 valence electrons. The second kappa shape index (κ2) is 26.2. The van der Waals surface area contributed by atoms with Crippen LogP contribution in [0.4, 0.5) is 0 Å². The number of hydrogen-bond acceptors (Lipinski definition) is 3. The van der Waals surface area contributed by atoms with E-state index in [1.54, 1.807) is 0 Å². The van der Waals surface area contributed by atoms with Gasteiger partial charge in [-0.25, -0.2) is 0 Å². The van der Waals surface area contributed by atoms with Gasteiger partial charge in [0, 0.05) is 12.8 Å². The third-order valence-corrected chi connectivity index (χ3v) is 7.37. The van der Waals surface area contributed by atoms with E-state index in [-0.39, 0.29) is 18.0 Å². The second-order valence-corrected chi connectivity index (χ2v) is 10.8. The summed E-state index contributed by atoms with van der Waals surface area (Å²) in [5, 5.41) is 0. The molecule has 0 aromatic rings. The molecule has 0 aliphatic heterocycles. The number of ketones is 1. The molecule has 0 aliphatic carbocycles. The summed E-state index contributed by atoms with van der Waals surface area (Å²) in [6.07, 6.45) is 26.3. The number of esters is 1. The molecule has 0 saturated heterocycles. The lowest BCUT2D eigenvalue weighted by Gasteiger charge is -2.27. The maximum Gasteiger partial charge on any atom is 0.306 e. The summed E-state index contributed by atoms with van der Waals surface area (Å²) < 4.78 is 6.07. The van der Waals surface area contributed by atoms with Gasteiger partial charge in [-0.1, -0.05) is 137 Å². The molecule has 2 atom stereocenters. The molecule has 0 heterocycles. The summed E-state index contributed by atoms with van der Waals surface area (Å²) in [7, 11) is 0. The Morgan fingerprint density at radius 1 is 0.486 bits per heavy atom. The first kappa shape index (κ1) is 34.1. The molecule has 0 fully saturated rings. The minimum Gasteiger partial charge on any atom is -0.462 e. The van der Waals surface area contributed by atoms with E-state index in [4.69, 9.17) is 4.74 Å². The predicted molar refractivity (Wildman–Crippen MR) is 152 cm³/mol. The number of carbonyl (C=O) groups excluding carboxylic acids is 2. The van der Waals surface area contributed by atoms with Crippen LogP contribution in [0, 0.1) is 5.92 Å². The van der Waals surface area contributed by atoms with Gasteiger partial charge in [-0.3, -0.25) is 9.59 Å². The molecule has 0 aromatic heterocycles. The molecular formula is C32H62O3. The van der Waals surface area contributed by atoms with Crippen molar-refractivity contribution >= 4 is 11.8 Å². The molecule has 0 spiro atoms. The van der Waals surface area contributed by atoms with Gasteiger partial charge in [-0.15, -0.1) is 0 Å². The van der Waals surface area contributed by atoms with E-state index >= 15 is 0 Å². The quantitative estimate of drug-likeness (QED) is 0.0842. The number of hydrogen-bond donors (Lipinski definition) is 0. The third kappa shape index (κ3) is 21.0. The maximum atomic E-state index is 13.3. The van der Waals surface area contributed by atoms with Crippen LogP contribution >= 0.6 is 0 Å². The predicted octanol–water partition coefficient (Wildman–Crippen LogP) is 10.5. The van der Waals surface area contributed by atoms with Gasteiger partial charge < -0.3 is 4.74 Å². The molecule has 2 unspecified atom stereocenters. The summed E-state index contributed by atoms with van der Waals surface area (Å²) in [6.45, 7) is 8.89. The van der Waals surface area contributed by atoms with Gasteiger partial charge in [-0.05, 0) is 32.1 Å². The molecule has 0 amide bonds. The van der Waals surface area contributed by atoms with E-state index in [9.17, 15) is 9.59 Å². The third-order valence-electron chi connectivity index (χ3n) is 7.37.